The predicted octanol–water partition coefficient (Wildman–Crippen LogP) is 2.35. The molecular formula is C14H27NO2. The highest BCUT2D eigenvalue weighted by Crippen LogP contribution is 2.27. The van der Waals surface area contributed by atoms with Gasteiger partial charge in [0.25, 0.3) is 0 Å². The Morgan fingerprint density at radius 2 is 2.18 bits per heavy atom. The van der Waals surface area contributed by atoms with Crippen LogP contribution in [0.2, 0.25) is 0 Å². The molecule has 1 saturated carbocycles. The summed E-state index contributed by atoms with van der Waals surface area (Å²) in [6, 6.07) is 0.482. The Bertz CT molecular complexity index is 240. The third-order valence-electron chi connectivity index (χ3n) is 3.79. The molecule has 0 bridgehead atoms. The molecule has 2 unspecified atom stereocenters. The van der Waals surface area contributed by atoms with Crippen molar-refractivity contribution in [2.24, 2.45) is 11.8 Å². The van der Waals surface area contributed by atoms with Gasteiger partial charge in [-0.05, 0) is 32.6 Å². The van der Waals surface area contributed by atoms with Crippen LogP contribution in [0.15, 0.2) is 0 Å². The Kier molecular flexibility index (Phi) is 6.14. The van der Waals surface area contributed by atoms with Crippen molar-refractivity contribution in [3.63, 3.8) is 0 Å². The van der Waals surface area contributed by atoms with Gasteiger partial charge < -0.3 is 4.74 Å². The van der Waals surface area contributed by atoms with Crippen molar-refractivity contribution in [1.29, 1.82) is 0 Å². The fourth-order valence-corrected chi connectivity index (χ4v) is 2.56. The van der Waals surface area contributed by atoms with E-state index in [-0.39, 0.29) is 5.92 Å². The molecule has 0 aromatic carbocycles. The van der Waals surface area contributed by atoms with Crippen molar-refractivity contribution in [2.75, 3.05) is 26.8 Å². The van der Waals surface area contributed by atoms with Gasteiger partial charge in [0.2, 0.25) is 0 Å². The van der Waals surface area contributed by atoms with Gasteiger partial charge in [-0.15, -0.1) is 0 Å². The lowest BCUT2D eigenvalue weighted by Gasteiger charge is -2.33. The minimum Gasteiger partial charge on any atom is -0.383 e. The Labute approximate surface area is 106 Å². The Morgan fingerprint density at radius 3 is 2.76 bits per heavy atom. The van der Waals surface area contributed by atoms with E-state index in [0.717, 1.165) is 39.0 Å². The lowest BCUT2D eigenvalue weighted by atomic mass is 9.81. The molecule has 0 heterocycles. The smallest absolute Gasteiger partial charge is 0.137 e. The molecule has 3 nitrogen and oxygen atoms in total. The summed E-state index contributed by atoms with van der Waals surface area (Å²) in [6.07, 6.45) is 2.92. The summed E-state index contributed by atoms with van der Waals surface area (Å²) in [5.74, 6) is 1.42. The normalized spacial score (nSPS) is 25.9. The van der Waals surface area contributed by atoms with Crippen molar-refractivity contribution in [3.8, 4) is 0 Å². The van der Waals surface area contributed by atoms with E-state index in [0.29, 0.717) is 17.7 Å². The van der Waals surface area contributed by atoms with Gasteiger partial charge >= 0.3 is 0 Å². The average Bonchev–Trinajstić information content (AvgIpc) is 2.28. The minimum atomic E-state index is 0.248. The summed E-state index contributed by atoms with van der Waals surface area (Å²) in [5.41, 5.74) is 0. The summed E-state index contributed by atoms with van der Waals surface area (Å²) >= 11 is 0. The number of rotatable bonds is 6. The summed E-state index contributed by atoms with van der Waals surface area (Å²) in [4.78, 5) is 14.3. The fourth-order valence-electron chi connectivity index (χ4n) is 2.56. The molecule has 0 saturated heterocycles. The van der Waals surface area contributed by atoms with Gasteiger partial charge in [0.1, 0.15) is 5.78 Å². The van der Waals surface area contributed by atoms with E-state index >= 15 is 0 Å². The predicted molar refractivity (Wildman–Crippen MR) is 70.1 cm³/mol. The number of methoxy groups -OCH3 is 1. The third kappa shape index (κ3) is 4.76. The van der Waals surface area contributed by atoms with Gasteiger partial charge in [-0.2, -0.15) is 0 Å². The maximum absolute atomic E-state index is 11.9. The lowest BCUT2D eigenvalue weighted by Crippen LogP contribution is -2.41. The number of carbonyl (C=O) groups is 1. The maximum Gasteiger partial charge on any atom is 0.137 e. The number of hydrogen-bond donors (Lipinski definition) is 0. The van der Waals surface area contributed by atoms with E-state index in [1.807, 2.05) is 0 Å². The van der Waals surface area contributed by atoms with Crippen LogP contribution in [0.4, 0.5) is 0 Å². The highest BCUT2D eigenvalue weighted by molar-refractivity contribution is 5.81. The van der Waals surface area contributed by atoms with Crippen LogP contribution >= 0.6 is 0 Å². The second kappa shape index (κ2) is 7.12. The van der Waals surface area contributed by atoms with Gasteiger partial charge in [-0.1, -0.05) is 6.92 Å². The van der Waals surface area contributed by atoms with Crippen molar-refractivity contribution in [3.05, 3.63) is 0 Å². The number of nitrogens with zero attached hydrogens (tertiary/aromatic N) is 1. The summed E-state index contributed by atoms with van der Waals surface area (Å²) in [7, 11) is 1.73. The molecule has 1 aliphatic carbocycles. The van der Waals surface area contributed by atoms with E-state index in [2.05, 4.69) is 25.7 Å². The number of hydrogen-bond acceptors (Lipinski definition) is 3. The fraction of sp³-hybridized carbons (Fsp3) is 0.929. The van der Waals surface area contributed by atoms with Crippen LogP contribution in [0, 0.1) is 11.8 Å². The maximum atomic E-state index is 11.9. The molecule has 3 heteroatoms. The first-order valence-corrected chi connectivity index (χ1v) is 6.80. The van der Waals surface area contributed by atoms with Gasteiger partial charge in [0, 0.05) is 38.6 Å². The highest BCUT2D eigenvalue weighted by Gasteiger charge is 2.28. The zero-order valence-corrected chi connectivity index (χ0v) is 11.7. The minimum absolute atomic E-state index is 0.248. The zero-order valence-electron chi connectivity index (χ0n) is 11.7. The van der Waals surface area contributed by atoms with Gasteiger partial charge in [-0.25, -0.2) is 0 Å². The standard InChI is InChI=1S/C14H27NO2/c1-11(2)15(7-8-17-4)10-13-9-12(3)5-6-14(13)16/h11-13H,5-10H2,1-4H3. The number of ketones is 1. The molecular weight excluding hydrogens is 214 g/mol. The summed E-state index contributed by atoms with van der Waals surface area (Å²) in [5, 5.41) is 0. The second-order valence-electron chi connectivity index (χ2n) is 5.62. The van der Waals surface area contributed by atoms with Crippen LogP contribution in [0.5, 0.6) is 0 Å². The van der Waals surface area contributed by atoms with Crippen molar-refractivity contribution < 1.29 is 9.53 Å². The number of ether oxygens (including phenoxy) is 1. The van der Waals surface area contributed by atoms with Gasteiger partial charge in [0.15, 0.2) is 0 Å². The molecule has 17 heavy (non-hydrogen) atoms. The van der Waals surface area contributed by atoms with E-state index in [4.69, 9.17) is 4.74 Å². The van der Waals surface area contributed by atoms with E-state index in [1.54, 1.807) is 7.11 Å². The Morgan fingerprint density at radius 1 is 1.47 bits per heavy atom. The van der Waals surface area contributed by atoms with Crippen molar-refractivity contribution in [2.45, 2.75) is 46.1 Å². The number of Topliss-reactive ketones (excluding diaryl/α,β-unsaturated/α-hetero) is 1. The van der Waals surface area contributed by atoms with E-state index in [1.165, 1.54) is 0 Å². The molecule has 0 spiro atoms. The topological polar surface area (TPSA) is 29.5 Å². The quantitative estimate of drug-likeness (QED) is 0.715. The van der Waals surface area contributed by atoms with Crippen LogP contribution in [0.25, 0.3) is 0 Å². The first-order valence-electron chi connectivity index (χ1n) is 6.80. The summed E-state index contributed by atoms with van der Waals surface area (Å²) in [6.45, 7) is 9.21. The molecule has 0 aliphatic heterocycles. The van der Waals surface area contributed by atoms with Crippen LogP contribution in [0.1, 0.15) is 40.0 Å². The third-order valence-corrected chi connectivity index (χ3v) is 3.79. The van der Waals surface area contributed by atoms with E-state index in [9.17, 15) is 4.79 Å². The Balaban J connectivity index is 2.49. The highest BCUT2D eigenvalue weighted by atomic mass is 16.5. The van der Waals surface area contributed by atoms with Crippen molar-refractivity contribution in [1.82, 2.24) is 4.90 Å². The molecule has 2 atom stereocenters. The lowest BCUT2D eigenvalue weighted by molar-refractivity contribution is -0.126. The molecule has 1 rings (SSSR count). The average molecular weight is 241 g/mol. The van der Waals surface area contributed by atoms with Crippen LogP contribution in [-0.2, 0) is 9.53 Å². The second-order valence-corrected chi connectivity index (χ2v) is 5.62. The molecule has 1 fully saturated rings. The van der Waals surface area contributed by atoms with Crippen LogP contribution in [0.3, 0.4) is 0 Å². The van der Waals surface area contributed by atoms with Gasteiger partial charge in [0.05, 0.1) is 6.61 Å². The summed E-state index contributed by atoms with van der Waals surface area (Å²) < 4.78 is 5.13. The monoisotopic (exact) mass is 241 g/mol. The molecule has 0 aromatic heterocycles. The molecule has 0 aromatic rings. The molecule has 100 valence electrons. The molecule has 1 aliphatic rings. The molecule has 0 N–H and O–H groups in total. The first kappa shape index (κ1) is 14.7. The SMILES string of the molecule is COCCN(CC1CC(C)CCC1=O)C(C)C. The van der Waals surface area contributed by atoms with Crippen molar-refractivity contribution >= 4 is 5.78 Å². The molecule has 0 amide bonds. The van der Waals surface area contributed by atoms with Gasteiger partial charge in [-0.3, -0.25) is 9.69 Å². The first-order chi connectivity index (χ1) is 8.04. The van der Waals surface area contributed by atoms with Crippen LogP contribution in [-0.4, -0.2) is 43.5 Å². The largest absolute Gasteiger partial charge is 0.383 e. The number of carbonyl (C=O) groups excluding carboxylic acids is 1. The van der Waals surface area contributed by atoms with Crippen LogP contribution < -0.4 is 0 Å². The molecule has 0 radical (unpaired) electrons. The zero-order chi connectivity index (χ0) is 12.8. The van der Waals surface area contributed by atoms with E-state index < -0.39 is 0 Å². The Hall–Kier alpha value is -0.410.